The van der Waals surface area contributed by atoms with E-state index in [0.29, 0.717) is 29.4 Å². The van der Waals surface area contributed by atoms with Crippen molar-refractivity contribution < 1.29 is 9.47 Å². The van der Waals surface area contributed by atoms with Crippen molar-refractivity contribution in [3.8, 4) is 17.2 Å². The van der Waals surface area contributed by atoms with Crippen LogP contribution in [-0.4, -0.2) is 34.0 Å². The molecule has 130 valence electrons. The Balaban J connectivity index is 1.96. The van der Waals surface area contributed by atoms with E-state index in [1.165, 1.54) is 9.36 Å². The average molecular weight is 341 g/mol. The van der Waals surface area contributed by atoms with E-state index < -0.39 is 0 Å². The standard InChI is InChI=1S/C17H19N5O3/c1-11-6-12(4-5-16(11)18)10-21-17(23)22(20-19-21)13-7-14(24-2)9-15(8-13)25-3/h4-9H,10,18H2,1-3H3. The van der Waals surface area contributed by atoms with Gasteiger partial charge in [-0.3, -0.25) is 0 Å². The maximum atomic E-state index is 12.6. The monoisotopic (exact) mass is 341 g/mol. The number of nitrogen functional groups attached to an aromatic ring is 1. The highest BCUT2D eigenvalue weighted by Crippen LogP contribution is 2.23. The molecule has 0 unspecified atom stereocenters. The minimum Gasteiger partial charge on any atom is -0.497 e. The number of ether oxygens (including phenoxy) is 2. The molecular formula is C17H19N5O3. The zero-order valence-corrected chi connectivity index (χ0v) is 14.3. The van der Waals surface area contributed by atoms with Crippen molar-refractivity contribution in [3.63, 3.8) is 0 Å². The molecule has 1 heterocycles. The van der Waals surface area contributed by atoms with Crippen LogP contribution in [0.3, 0.4) is 0 Å². The molecule has 0 spiro atoms. The number of nitrogens with two attached hydrogens (primary N) is 1. The molecule has 0 bridgehead atoms. The Morgan fingerprint density at radius 3 is 2.32 bits per heavy atom. The lowest BCUT2D eigenvalue weighted by molar-refractivity contribution is 0.393. The summed E-state index contributed by atoms with van der Waals surface area (Å²) in [4.78, 5) is 12.6. The summed E-state index contributed by atoms with van der Waals surface area (Å²) in [5.41, 5.74) is 8.57. The Morgan fingerprint density at radius 2 is 1.72 bits per heavy atom. The molecular weight excluding hydrogens is 322 g/mol. The van der Waals surface area contributed by atoms with Crippen molar-refractivity contribution in [2.24, 2.45) is 0 Å². The van der Waals surface area contributed by atoms with Crippen LogP contribution in [-0.2, 0) is 6.54 Å². The SMILES string of the molecule is COc1cc(OC)cc(-n2nnn(Cc3ccc(N)c(C)c3)c2=O)c1. The third kappa shape index (κ3) is 3.32. The van der Waals surface area contributed by atoms with E-state index in [1.54, 1.807) is 32.4 Å². The second-order valence-corrected chi connectivity index (χ2v) is 5.59. The van der Waals surface area contributed by atoms with Crippen molar-refractivity contribution in [2.75, 3.05) is 20.0 Å². The van der Waals surface area contributed by atoms with Gasteiger partial charge < -0.3 is 15.2 Å². The van der Waals surface area contributed by atoms with Crippen molar-refractivity contribution in [1.29, 1.82) is 0 Å². The summed E-state index contributed by atoms with van der Waals surface area (Å²) < 4.78 is 12.9. The predicted molar refractivity (Wildman–Crippen MR) is 93.4 cm³/mol. The fourth-order valence-electron chi connectivity index (χ4n) is 2.46. The van der Waals surface area contributed by atoms with E-state index in [2.05, 4.69) is 10.4 Å². The summed E-state index contributed by atoms with van der Waals surface area (Å²) in [5, 5.41) is 7.91. The smallest absolute Gasteiger partial charge is 0.368 e. The van der Waals surface area contributed by atoms with E-state index in [-0.39, 0.29) is 5.69 Å². The zero-order valence-electron chi connectivity index (χ0n) is 14.3. The van der Waals surface area contributed by atoms with Crippen molar-refractivity contribution in [3.05, 3.63) is 58.0 Å². The van der Waals surface area contributed by atoms with E-state index in [0.717, 1.165) is 11.1 Å². The van der Waals surface area contributed by atoms with Gasteiger partial charge in [0.15, 0.2) is 0 Å². The number of aromatic nitrogens is 4. The number of hydrogen-bond donors (Lipinski definition) is 1. The van der Waals surface area contributed by atoms with Crippen LogP contribution >= 0.6 is 0 Å². The summed E-state index contributed by atoms with van der Waals surface area (Å²) in [6.45, 7) is 2.22. The molecule has 8 heteroatoms. The summed E-state index contributed by atoms with van der Waals surface area (Å²) in [6.07, 6.45) is 0. The molecule has 2 N–H and O–H groups in total. The van der Waals surface area contributed by atoms with Crippen LogP contribution in [0.15, 0.2) is 41.2 Å². The topological polar surface area (TPSA) is 97.2 Å². The zero-order chi connectivity index (χ0) is 18.0. The Labute approximate surface area is 144 Å². The first kappa shape index (κ1) is 16.6. The summed E-state index contributed by atoms with van der Waals surface area (Å²) in [7, 11) is 3.09. The summed E-state index contributed by atoms with van der Waals surface area (Å²) in [6, 6.07) is 10.7. The molecule has 1 aromatic heterocycles. The fourth-order valence-corrected chi connectivity index (χ4v) is 2.46. The molecule has 0 aliphatic heterocycles. The highest BCUT2D eigenvalue weighted by atomic mass is 16.5. The molecule has 0 atom stereocenters. The van der Waals surface area contributed by atoms with E-state index in [9.17, 15) is 4.79 Å². The van der Waals surface area contributed by atoms with Crippen LogP contribution in [0.25, 0.3) is 5.69 Å². The third-order valence-corrected chi connectivity index (χ3v) is 3.89. The molecule has 3 rings (SSSR count). The largest absolute Gasteiger partial charge is 0.497 e. The Hall–Kier alpha value is -3.29. The van der Waals surface area contributed by atoms with E-state index in [1.807, 2.05) is 25.1 Å². The molecule has 0 fully saturated rings. The van der Waals surface area contributed by atoms with Gasteiger partial charge in [0.05, 0.1) is 26.5 Å². The quantitative estimate of drug-likeness (QED) is 0.704. The van der Waals surface area contributed by atoms with Gasteiger partial charge in [0.2, 0.25) is 0 Å². The molecule has 0 radical (unpaired) electrons. The summed E-state index contributed by atoms with van der Waals surface area (Å²) >= 11 is 0. The first-order valence-electron chi connectivity index (χ1n) is 7.63. The van der Waals surface area contributed by atoms with Crippen LogP contribution in [0.4, 0.5) is 5.69 Å². The molecule has 25 heavy (non-hydrogen) atoms. The molecule has 0 aliphatic carbocycles. The van der Waals surface area contributed by atoms with Crippen LogP contribution < -0.4 is 20.9 Å². The molecule has 2 aromatic carbocycles. The highest BCUT2D eigenvalue weighted by Gasteiger charge is 2.12. The lowest BCUT2D eigenvalue weighted by Crippen LogP contribution is -2.24. The molecule has 8 nitrogen and oxygen atoms in total. The number of benzene rings is 2. The van der Waals surface area contributed by atoms with Gasteiger partial charge in [0, 0.05) is 23.9 Å². The van der Waals surface area contributed by atoms with Gasteiger partial charge in [0.25, 0.3) is 0 Å². The number of aryl methyl sites for hydroxylation is 1. The number of methoxy groups -OCH3 is 2. The van der Waals surface area contributed by atoms with Gasteiger partial charge >= 0.3 is 5.69 Å². The average Bonchev–Trinajstić information content (AvgIpc) is 2.98. The van der Waals surface area contributed by atoms with Crippen LogP contribution in [0, 0.1) is 6.92 Å². The Morgan fingerprint density at radius 1 is 1.04 bits per heavy atom. The number of anilines is 1. The number of hydrogen-bond acceptors (Lipinski definition) is 6. The molecule has 3 aromatic rings. The van der Waals surface area contributed by atoms with Gasteiger partial charge in [-0.15, -0.1) is 0 Å². The van der Waals surface area contributed by atoms with Crippen molar-refractivity contribution in [2.45, 2.75) is 13.5 Å². The highest BCUT2D eigenvalue weighted by molar-refractivity contribution is 5.48. The van der Waals surface area contributed by atoms with Crippen molar-refractivity contribution in [1.82, 2.24) is 19.8 Å². The number of nitrogens with zero attached hydrogens (tertiary/aromatic N) is 4. The molecule has 0 aliphatic rings. The second-order valence-electron chi connectivity index (χ2n) is 5.59. The Kier molecular flexibility index (Phi) is 4.42. The Bertz CT molecular complexity index is 939. The van der Waals surface area contributed by atoms with Crippen LogP contribution in [0.1, 0.15) is 11.1 Å². The van der Waals surface area contributed by atoms with E-state index >= 15 is 0 Å². The van der Waals surface area contributed by atoms with Crippen LogP contribution in [0.2, 0.25) is 0 Å². The minimum atomic E-state index is -0.357. The molecule has 0 amide bonds. The lowest BCUT2D eigenvalue weighted by Gasteiger charge is -2.07. The fraction of sp³-hybridized carbons (Fsp3) is 0.235. The molecule has 0 saturated heterocycles. The van der Waals surface area contributed by atoms with Gasteiger partial charge in [-0.05, 0) is 34.5 Å². The van der Waals surface area contributed by atoms with Gasteiger partial charge in [-0.1, -0.05) is 12.1 Å². The van der Waals surface area contributed by atoms with Gasteiger partial charge in [-0.2, -0.15) is 9.36 Å². The maximum absolute atomic E-state index is 12.6. The van der Waals surface area contributed by atoms with Gasteiger partial charge in [0.1, 0.15) is 11.5 Å². The maximum Gasteiger partial charge on any atom is 0.368 e. The normalized spacial score (nSPS) is 10.7. The minimum absolute atomic E-state index is 0.307. The number of rotatable bonds is 5. The van der Waals surface area contributed by atoms with E-state index in [4.69, 9.17) is 15.2 Å². The van der Waals surface area contributed by atoms with Crippen LogP contribution in [0.5, 0.6) is 11.5 Å². The second kappa shape index (κ2) is 6.68. The lowest BCUT2D eigenvalue weighted by atomic mass is 10.1. The third-order valence-electron chi connectivity index (χ3n) is 3.89. The van der Waals surface area contributed by atoms with Gasteiger partial charge in [-0.25, -0.2) is 4.79 Å². The predicted octanol–water partition coefficient (Wildman–Crippen LogP) is 1.39. The summed E-state index contributed by atoms with van der Waals surface area (Å²) in [5.74, 6) is 1.12. The van der Waals surface area contributed by atoms with Crippen molar-refractivity contribution >= 4 is 5.69 Å². The molecule has 0 saturated carbocycles. The first-order chi connectivity index (χ1) is 12.0. The first-order valence-corrected chi connectivity index (χ1v) is 7.63. The number of tetrazole rings is 1.